The van der Waals surface area contributed by atoms with Gasteiger partial charge in [-0.25, -0.2) is 4.98 Å². The molecular weight excluding hydrogens is 258 g/mol. The summed E-state index contributed by atoms with van der Waals surface area (Å²) in [5.74, 6) is 1.58. The summed E-state index contributed by atoms with van der Waals surface area (Å²) in [7, 11) is 0. The summed E-state index contributed by atoms with van der Waals surface area (Å²) in [5, 5.41) is 4.07. The van der Waals surface area contributed by atoms with Crippen LogP contribution in [0.25, 0.3) is 0 Å². The molecule has 0 radical (unpaired) electrons. The van der Waals surface area contributed by atoms with Gasteiger partial charge in [0.15, 0.2) is 5.16 Å². The van der Waals surface area contributed by atoms with Gasteiger partial charge in [0.25, 0.3) is 0 Å². The molecule has 1 N–H and O–H groups in total. The SMILES string of the molecule is CCCNc1cc(OC2CCCCC2)nc(SC)n1. The van der Waals surface area contributed by atoms with Crippen molar-refractivity contribution in [2.45, 2.75) is 56.7 Å². The van der Waals surface area contributed by atoms with Gasteiger partial charge in [0.1, 0.15) is 11.9 Å². The van der Waals surface area contributed by atoms with Crippen LogP contribution in [-0.2, 0) is 0 Å². The monoisotopic (exact) mass is 281 g/mol. The van der Waals surface area contributed by atoms with Crippen LogP contribution in [0, 0.1) is 0 Å². The van der Waals surface area contributed by atoms with Crippen molar-refractivity contribution in [3.05, 3.63) is 6.07 Å². The van der Waals surface area contributed by atoms with Crippen LogP contribution < -0.4 is 10.1 Å². The molecule has 5 heteroatoms. The summed E-state index contributed by atoms with van der Waals surface area (Å²) in [6.45, 7) is 3.07. The maximum atomic E-state index is 6.01. The molecule has 1 aromatic rings. The van der Waals surface area contributed by atoms with E-state index in [4.69, 9.17) is 4.74 Å². The van der Waals surface area contributed by atoms with Crippen molar-refractivity contribution in [2.75, 3.05) is 18.1 Å². The first kappa shape index (κ1) is 14.4. The van der Waals surface area contributed by atoms with Crippen LogP contribution in [0.3, 0.4) is 0 Å². The largest absolute Gasteiger partial charge is 0.474 e. The molecule has 1 saturated carbocycles. The Labute approximate surface area is 119 Å². The summed E-state index contributed by atoms with van der Waals surface area (Å²) >= 11 is 1.55. The van der Waals surface area contributed by atoms with Crippen LogP contribution in [0.2, 0.25) is 0 Å². The molecule has 0 amide bonds. The molecule has 0 spiro atoms. The van der Waals surface area contributed by atoms with Crippen LogP contribution in [0.1, 0.15) is 45.4 Å². The second-order valence-electron chi connectivity index (χ2n) is 4.88. The molecule has 1 fully saturated rings. The lowest BCUT2D eigenvalue weighted by Gasteiger charge is -2.22. The number of rotatable bonds is 6. The van der Waals surface area contributed by atoms with Gasteiger partial charge in [-0.15, -0.1) is 0 Å². The summed E-state index contributed by atoms with van der Waals surface area (Å²) < 4.78 is 6.01. The lowest BCUT2D eigenvalue weighted by Crippen LogP contribution is -2.20. The quantitative estimate of drug-likeness (QED) is 0.636. The first-order valence-corrected chi connectivity index (χ1v) is 8.38. The third kappa shape index (κ3) is 4.56. The number of thioether (sulfide) groups is 1. The molecule has 2 rings (SSSR count). The Balaban J connectivity index is 2.04. The second kappa shape index (κ2) is 7.58. The standard InChI is InChI=1S/C14H23N3OS/c1-3-9-15-12-10-13(17-14(16-12)19-2)18-11-7-5-4-6-8-11/h10-11H,3-9H2,1-2H3,(H,15,16,17). The molecule has 0 aromatic carbocycles. The molecule has 0 saturated heterocycles. The molecule has 0 unspecified atom stereocenters. The third-order valence-corrected chi connectivity index (χ3v) is 3.81. The minimum absolute atomic E-state index is 0.331. The zero-order valence-corrected chi connectivity index (χ0v) is 12.6. The topological polar surface area (TPSA) is 47.0 Å². The van der Waals surface area contributed by atoms with Gasteiger partial charge in [0.05, 0.1) is 0 Å². The predicted molar refractivity (Wildman–Crippen MR) is 80.1 cm³/mol. The Hall–Kier alpha value is -0.970. The van der Waals surface area contributed by atoms with Gasteiger partial charge >= 0.3 is 0 Å². The maximum Gasteiger partial charge on any atom is 0.219 e. The minimum Gasteiger partial charge on any atom is -0.474 e. The third-order valence-electron chi connectivity index (χ3n) is 3.26. The molecule has 0 bridgehead atoms. The Morgan fingerprint density at radius 1 is 1.32 bits per heavy atom. The molecule has 1 aromatic heterocycles. The fourth-order valence-electron chi connectivity index (χ4n) is 2.25. The highest BCUT2D eigenvalue weighted by Crippen LogP contribution is 2.25. The summed E-state index contributed by atoms with van der Waals surface area (Å²) in [6.07, 6.45) is 9.58. The molecule has 0 aliphatic heterocycles. The molecule has 1 heterocycles. The Bertz CT molecular complexity index is 394. The van der Waals surface area contributed by atoms with Gasteiger partial charge in [0.2, 0.25) is 5.88 Å². The molecule has 1 aliphatic carbocycles. The van der Waals surface area contributed by atoms with Crippen molar-refractivity contribution >= 4 is 17.6 Å². The number of hydrogen-bond donors (Lipinski definition) is 1. The Kier molecular flexibility index (Phi) is 5.76. The van der Waals surface area contributed by atoms with E-state index in [0.29, 0.717) is 12.0 Å². The van der Waals surface area contributed by atoms with Crippen molar-refractivity contribution in [2.24, 2.45) is 0 Å². The lowest BCUT2D eigenvalue weighted by atomic mass is 9.98. The fraction of sp³-hybridized carbons (Fsp3) is 0.714. The van der Waals surface area contributed by atoms with Gasteiger partial charge in [-0.1, -0.05) is 25.1 Å². The van der Waals surface area contributed by atoms with E-state index in [1.807, 2.05) is 12.3 Å². The van der Waals surface area contributed by atoms with Crippen molar-refractivity contribution < 1.29 is 4.74 Å². The van der Waals surface area contributed by atoms with Gasteiger partial charge < -0.3 is 10.1 Å². The van der Waals surface area contributed by atoms with E-state index in [1.165, 1.54) is 19.3 Å². The minimum atomic E-state index is 0.331. The second-order valence-corrected chi connectivity index (χ2v) is 5.66. The number of anilines is 1. The number of nitrogens with one attached hydrogen (secondary N) is 1. The van der Waals surface area contributed by atoms with E-state index in [0.717, 1.165) is 36.8 Å². The maximum absolute atomic E-state index is 6.01. The normalized spacial score (nSPS) is 16.3. The zero-order chi connectivity index (χ0) is 13.5. The highest BCUT2D eigenvalue weighted by Gasteiger charge is 2.16. The lowest BCUT2D eigenvalue weighted by molar-refractivity contribution is 0.147. The van der Waals surface area contributed by atoms with Crippen LogP contribution in [0.15, 0.2) is 11.2 Å². The van der Waals surface area contributed by atoms with E-state index in [1.54, 1.807) is 11.8 Å². The summed E-state index contributed by atoms with van der Waals surface area (Å²) in [4.78, 5) is 8.89. The Morgan fingerprint density at radius 2 is 2.11 bits per heavy atom. The zero-order valence-electron chi connectivity index (χ0n) is 11.8. The van der Waals surface area contributed by atoms with Crippen molar-refractivity contribution in [1.29, 1.82) is 0 Å². The van der Waals surface area contributed by atoms with Crippen LogP contribution >= 0.6 is 11.8 Å². The van der Waals surface area contributed by atoms with E-state index in [-0.39, 0.29) is 0 Å². The van der Waals surface area contributed by atoms with E-state index in [2.05, 4.69) is 22.2 Å². The van der Waals surface area contributed by atoms with Crippen LogP contribution in [0.4, 0.5) is 5.82 Å². The molecule has 19 heavy (non-hydrogen) atoms. The van der Waals surface area contributed by atoms with Gasteiger partial charge in [-0.2, -0.15) is 4.98 Å². The summed E-state index contributed by atoms with van der Waals surface area (Å²) in [6, 6.07) is 1.92. The number of hydrogen-bond acceptors (Lipinski definition) is 5. The van der Waals surface area contributed by atoms with E-state index < -0.39 is 0 Å². The molecule has 106 valence electrons. The highest BCUT2D eigenvalue weighted by atomic mass is 32.2. The number of ether oxygens (including phenoxy) is 1. The molecule has 4 nitrogen and oxygen atoms in total. The van der Waals surface area contributed by atoms with Crippen LogP contribution in [-0.4, -0.2) is 28.9 Å². The smallest absolute Gasteiger partial charge is 0.219 e. The first-order chi connectivity index (χ1) is 9.31. The van der Waals surface area contributed by atoms with Gasteiger partial charge in [-0.3, -0.25) is 0 Å². The van der Waals surface area contributed by atoms with Gasteiger partial charge in [0, 0.05) is 12.6 Å². The Morgan fingerprint density at radius 3 is 2.79 bits per heavy atom. The predicted octanol–water partition coefficient (Wildman–Crippen LogP) is 3.73. The van der Waals surface area contributed by atoms with Crippen molar-refractivity contribution in [1.82, 2.24) is 9.97 Å². The molecule has 0 atom stereocenters. The van der Waals surface area contributed by atoms with Gasteiger partial charge in [-0.05, 0) is 38.4 Å². The highest BCUT2D eigenvalue weighted by molar-refractivity contribution is 7.98. The van der Waals surface area contributed by atoms with Crippen LogP contribution in [0.5, 0.6) is 5.88 Å². The average molecular weight is 281 g/mol. The first-order valence-electron chi connectivity index (χ1n) is 7.15. The molecule has 1 aliphatic rings. The number of aromatic nitrogens is 2. The number of nitrogens with zero attached hydrogens (tertiary/aromatic N) is 2. The average Bonchev–Trinajstić information content (AvgIpc) is 2.46. The van der Waals surface area contributed by atoms with E-state index in [9.17, 15) is 0 Å². The van der Waals surface area contributed by atoms with Crippen molar-refractivity contribution in [3.8, 4) is 5.88 Å². The molecular formula is C14H23N3OS. The fourth-order valence-corrected chi connectivity index (χ4v) is 2.62. The van der Waals surface area contributed by atoms with Crippen molar-refractivity contribution in [3.63, 3.8) is 0 Å². The summed E-state index contributed by atoms with van der Waals surface area (Å²) in [5.41, 5.74) is 0. The van der Waals surface area contributed by atoms with E-state index >= 15 is 0 Å².